The number of halogens is 2. The molecule has 2 rings (SSSR count). The second-order valence-electron chi connectivity index (χ2n) is 4.56. The van der Waals surface area contributed by atoms with Crippen LogP contribution in [0.25, 0.3) is 0 Å². The summed E-state index contributed by atoms with van der Waals surface area (Å²) in [5, 5.41) is 9.73. The summed E-state index contributed by atoms with van der Waals surface area (Å²) in [6.07, 6.45) is 2.42. The van der Waals surface area contributed by atoms with Crippen LogP contribution in [0.1, 0.15) is 31.2 Å². The maximum atomic E-state index is 14.3. The van der Waals surface area contributed by atoms with Gasteiger partial charge in [0.15, 0.2) is 11.6 Å². The summed E-state index contributed by atoms with van der Waals surface area (Å²) in [5.41, 5.74) is -1.03. The van der Waals surface area contributed by atoms with Gasteiger partial charge in [-0.05, 0) is 18.9 Å². The summed E-state index contributed by atoms with van der Waals surface area (Å²) < 4.78 is 19.2. The quantitative estimate of drug-likeness (QED) is 0.917. The van der Waals surface area contributed by atoms with Crippen molar-refractivity contribution >= 4 is 17.6 Å². The molecule has 1 aliphatic rings. The lowest BCUT2D eigenvalue weighted by atomic mass is 9.78. The molecule has 0 aromatic heterocycles. The fourth-order valence-corrected chi connectivity index (χ4v) is 2.85. The molecule has 1 aliphatic carbocycles. The van der Waals surface area contributed by atoms with Gasteiger partial charge < -0.3 is 9.84 Å². The molecule has 1 N–H and O–H groups in total. The van der Waals surface area contributed by atoms with E-state index in [0.29, 0.717) is 12.8 Å². The maximum Gasteiger partial charge on any atom is 0.314 e. The molecule has 0 atom stereocenters. The molecular weight excluding hydrogens is 259 g/mol. The largest absolute Gasteiger partial charge is 0.494 e. The third-order valence-corrected chi connectivity index (χ3v) is 3.82. The van der Waals surface area contributed by atoms with Gasteiger partial charge in [0, 0.05) is 16.7 Å². The number of carbonyl (C=O) groups is 1. The van der Waals surface area contributed by atoms with E-state index < -0.39 is 17.2 Å². The molecule has 0 bridgehead atoms. The molecule has 5 heteroatoms. The predicted molar refractivity (Wildman–Crippen MR) is 65.7 cm³/mol. The van der Waals surface area contributed by atoms with Crippen LogP contribution in [0.5, 0.6) is 5.75 Å². The zero-order valence-corrected chi connectivity index (χ0v) is 10.8. The number of benzene rings is 1. The van der Waals surface area contributed by atoms with Crippen LogP contribution in [0, 0.1) is 5.82 Å². The molecule has 1 fully saturated rings. The zero-order chi connectivity index (χ0) is 13.3. The second kappa shape index (κ2) is 4.76. The number of aliphatic carboxylic acids is 1. The van der Waals surface area contributed by atoms with E-state index in [-0.39, 0.29) is 16.3 Å². The highest BCUT2D eigenvalue weighted by Crippen LogP contribution is 2.44. The van der Waals surface area contributed by atoms with Crippen molar-refractivity contribution in [1.29, 1.82) is 0 Å². The molecule has 0 heterocycles. The Morgan fingerprint density at radius 1 is 1.44 bits per heavy atom. The Kier molecular flexibility index (Phi) is 3.48. The van der Waals surface area contributed by atoms with E-state index in [2.05, 4.69) is 0 Å². The van der Waals surface area contributed by atoms with Gasteiger partial charge in [0.25, 0.3) is 0 Å². The SMILES string of the molecule is COc1cc(Cl)cc(C2(C(=O)O)CCCC2)c1F. The number of carboxylic acids is 1. The van der Waals surface area contributed by atoms with Gasteiger partial charge in [-0.1, -0.05) is 24.4 Å². The third-order valence-electron chi connectivity index (χ3n) is 3.61. The van der Waals surface area contributed by atoms with E-state index in [1.165, 1.54) is 19.2 Å². The standard InChI is InChI=1S/C13H14ClFO3/c1-18-10-7-8(14)6-9(11(10)15)13(12(16)17)4-2-3-5-13/h6-7H,2-5H2,1H3,(H,16,17). The molecule has 0 unspecified atom stereocenters. The van der Waals surface area contributed by atoms with Crippen molar-refractivity contribution < 1.29 is 19.0 Å². The summed E-state index contributed by atoms with van der Waals surface area (Å²) in [4.78, 5) is 11.5. The molecule has 98 valence electrons. The zero-order valence-electron chi connectivity index (χ0n) is 10.0. The molecule has 0 amide bonds. The number of hydrogen-bond donors (Lipinski definition) is 1. The first kappa shape index (κ1) is 13.1. The van der Waals surface area contributed by atoms with E-state index in [1.807, 2.05) is 0 Å². The summed E-state index contributed by atoms with van der Waals surface area (Å²) in [5.74, 6) is -1.63. The van der Waals surface area contributed by atoms with Crippen LogP contribution in [-0.2, 0) is 10.2 Å². The summed E-state index contributed by atoms with van der Waals surface area (Å²) >= 11 is 5.91. The van der Waals surface area contributed by atoms with Crippen molar-refractivity contribution in [2.24, 2.45) is 0 Å². The van der Waals surface area contributed by atoms with E-state index >= 15 is 0 Å². The lowest BCUT2D eigenvalue weighted by molar-refractivity contribution is -0.143. The van der Waals surface area contributed by atoms with Crippen LogP contribution < -0.4 is 4.74 Å². The van der Waals surface area contributed by atoms with Gasteiger partial charge in [-0.25, -0.2) is 4.39 Å². The average molecular weight is 273 g/mol. The Balaban J connectivity index is 2.61. The number of methoxy groups -OCH3 is 1. The first-order valence-corrected chi connectivity index (χ1v) is 6.16. The predicted octanol–water partition coefficient (Wildman–Crippen LogP) is 3.38. The van der Waals surface area contributed by atoms with Crippen molar-refractivity contribution in [2.45, 2.75) is 31.1 Å². The van der Waals surface area contributed by atoms with Crippen molar-refractivity contribution in [1.82, 2.24) is 0 Å². The molecule has 0 saturated heterocycles. The highest BCUT2D eigenvalue weighted by atomic mass is 35.5. The monoisotopic (exact) mass is 272 g/mol. The van der Waals surface area contributed by atoms with Gasteiger partial charge in [-0.2, -0.15) is 0 Å². The summed E-state index contributed by atoms with van der Waals surface area (Å²) in [6, 6.07) is 2.75. The Hall–Kier alpha value is -1.29. The van der Waals surface area contributed by atoms with E-state index in [0.717, 1.165) is 12.8 Å². The lowest BCUT2D eigenvalue weighted by Gasteiger charge is -2.25. The minimum atomic E-state index is -1.16. The molecule has 0 radical (unpaired) electrons. The maximum absolute atomic E-state index is 14.3. The van der Waals surface area contributed by atoms with E-state index in [9.17, 15) is 14.3 Å². The molecule has 3 nitrogen and oxygen atoms in total. The van der Waals surface area contributed by atoms with Gasteiger partial charge in [0.05, 0.1) is 12.5 Å². The average Bonchev–Trinajstić information content (AvgIpc) is 2.82. The number of ether oxygens (including phenoxy) is 1. The van der Waals surface area contributed by atoms with Gasteiger partial charge in [0.1, 0.15) is 0 Å². The smallest absolute Gasteiger partial charge is 0.314 e. The van der Waals surface area contributed by atoms with Crippen molar-refractivity contribution in [2.75, 3.05) is 7.11 Å². The Bertz CT molecular complexity index is 481. The fraction of sp³-hybridized carbons (Fsp3) is 0.462. The Morgan fingerprint density at radius 2 is 2.06 bits per heavy atom. The number of rotatable bonds is 3. The second-order valence-corrected chi connectivity index (χ2v) is 5.00. The van der Waals surface area contributed by atoms with Gasteiger partial charge in [-0.3, -0.25) is 4.79 Å². The summed E-state index contributed by atoms with van der Waals surface area (Å²) in [6.45, 7) is 0. The van der Waals surface area contributed by atoms with Gasteiger partial charge in [0.2, 0.25) is 0 Å². The number of carboxylic acid groups (broad SMARTS) is 1. The first-order chi connectivity index (χ1) is 8.51. The Morgan fingerprint density at radius 3 is 2.56 bits per heavy atom. The van der Waals surface area contributed by atoms with Crippen LogP contribution >= 0.6 is 11.6 Å². The third kappa shape index (κ3) is 1.94. The van der Waals surface area contributed by atoms with Crippen molar-refractivity contribution in [3.63, 3.8) is 0 Å². The van der Waals surface area contributed by atoms with Crippen LogP contribution in [0.3, 0.4) is 0 Å². The highest BCUT2D eigenvalue weighted by Gasteiger charge is 2.45. The molecule has 1 aromatic rings. The topological polar surface area (TPSA) is 46.5 Å². The lowest BCUT2D eigenvalue weighted by Crippen LogP contribution is -2.33. The molecule has 0 aliphatic heterocycles. The fourth-order valence-electron chi connectivity index (χ4n) is 2.64. The van der Waals surface area contributed by atoms with Gasteiger partial charge >= 0.3 is 5.97 Å². The van der Waals surface area contributed by atoms with E-state index in [4.69, 9.17) is 16.3 Å². The van der Waals surface area contributed by atoms with Crippen LogP contribution in [0.2, 0.25) is 5.02 Å². The molecule has 1 saturated carbocycles. The van der Waals surface area contributed by atoms with Crippen LogP contribution in [-0.4, -0.2) is 18.2 Å². The van der Waals surface area contributed by atoms with E-state index in [1.54, 1.807) is 0 Å². The minimum Gasteiger partial charge on any atom is -0.494 e. The summed E-state index contributed by atoms with van der Waals surface area (Å²) in [7, 11) is 1.33. The molecule has 18 heavy (non-hydrogen) atoms. The van der Waals surface area contributed by atoms with Crippen LogP contribution in [0.4, 0.5) is 4.39 Å². The Labute approximate surface area is 110 Å². The van der Waals surface area contributed by atoms with Crippen molar-refractivity contribution in [3.8, 4) is 5.75 Å². The molecular formula is C13H14ClFO3. The molecule has 1 aromatic carbocycles. The van der Waals surface area contributed by atoms with Crippen molar-refractivity contribution in [3.05, 3.63) is 28.5 Å². The van der Waals surface area contributed by atoms with Crippen LogP contribution in [0.15, 0.2) is 12.1 Å². The highest BCUT2D eigenvalue weighted by molar-refractivity contribution is 6.30. The normalized spacial score (nSPS) is 17.7. The first-order valence-electron chi connectivity index (χ1n) is 5.78. The van der Waals surface area contributed by atoms with Gasteiger partial charge in [-0.15, -0.1) is 0 Å². The number of hydrogen-bond acceptors (Lipinski definition) is 2. The molecule has 0 spiro atoms. The minimum absolute atomic E-state index is 0.00924.